The van der Waals surface area contributed by atoms with Crippen LogP contribution in [0.2, 0.25) is 5.02 Å². The lowest BCUT2D eigenvalue weighted by Crippen LogP contribution is -2.35. The second-order valence-electron chi connectivity index (χ2n) is 3.94. The summed E-state index contributed by atoms with van der Waals surface area (Å²) in [6.45, 7) is 0.860. The van der Waals surface area contributed by atoms with Crippen LogP contribution < -0.4 is 10.6 Å². The minimum atomic E-state index is -0.166. The van der Waals surface area contributed by atoms with Gasteiger partial charge in [0.25, 0.3) is 0 Å². The zero-order chi connectivity index (χ0) is 12.3. The lowest BCUT2D eigenvalue weighted by molar-refractivity contribution is -0.117. The van der Waals surface area contributed by atoms with Crippen molar-refractivity contribution in [1.29, 1.82) is 5.26 Å². The Morgan fingerprint density at radius 3 is 3.06 bits per heavy atom. The molecule has 17 heavy (non-hydrogen) atoms. The van der Waals surface area contributed by atoms with E-state index in [1.165, 1.54) is 0 Å². The summed E-state index contributed by atoms with van der Waals surface area (Å²) in [5.41, 5.74) is 0.888. The third-order valence-electron chi connectivity index (χ3n) is 2.74. The third-order valence-corrected chi connectivity index (χ3v) is 2.97. The molecular formula is C12H12ClN3O. The van der Waals surface area contributed by atoms with Crippen LogP contribution in [0.4, 0.5) is 5.69 Å². The fourth-order valence-electron chi connectivity index (χ4n) is 1.85. The van der Waals surface area contributed by atoms with Gasteiger partial charge in [0.15, 0.2) is 0 Å². The molecule has 0 aromatic heterocycles. The maximum absolute atomic E-state index is 11.9. The molecule has 0 radical (unpaired) electrons. The molecule has 0 saturated carbocycles. The highest BCUT2D eigenvalue weighted by Gasteiger charge is 2.22. The number of hydrogen-bond donors (Lipinski definition) is 2. The zero-order valence-electron chi connectivity index (χ0n) is 9.16. The van der Waals surface area contributed by atoms with Crippen molar-refractivity contribution < 1.29 is 4.79 Å². The molecule has 88 valence electrons. The van der Waals surface area contributed by atoms with Crippen LogP contribution in [0.25, 0.3) is 0 Å². The van der Waals surface area contributed by atoms with Crippen molar-refractivity contribution in [2.24, 2.45) is 0 Å². The Kier molecular flexibility index (Phi) is 3.62. The van der Waals surface area contributed by atoms with Crippen molar-refractivity contribution >= 4 is 23.2 Å². The average molecular weight is 250 g/mol. The van der Waals surface area contributed by atoms with E-state index in [1.807, 2.05) is 6.07 Å². The second kappa shape index (κ2) is 5.17. The van der Waals surface area contributed by atoms with Crippen LogP contribution in [0.3, 0.4) is 0 Å². The van der Waals surface area contributed by atoms with E-state index in [4.69, 9.17) is 16.9 Å². The maximum Gasteiger partial charge on any atom is 0.241 e. The largest absolute Gasteiger partial charge is 0.323 e. The SMILES string of the molecule is N#Cc1ccc(Cl)cc1NC(=O)[C@H]1CCCN1. The first-order valence-electron chi connectivity index (χ1n) is 5.44. The van der Waals surface area contributed by atoms with E-state index in [-0.39, 0.29) is 11.9 Å². The molecule has 4 nitrogen and oxygen atoms in total. The Bertz CT molecular complexity index is 475. The molecule has 1 heterocycles. The summed E-state index contributed by atoms with van der Waals surface area (Å²) in [6, 6.07) is 6.67. The Morgan fingerprint density at radius 2 is 2.41 bits per heavy atom. The van der Waals surface area contributed by atoms with E-state index in [0.29, 0.717) is 16.3 Å². The van der Waals surface area contributed by atoms with Gasteiger partial charge in [-0.1, -0.05) is 11.6 Å². The van der Waals surface area contributed by atoms with Crippen molar-refractivity contribution in [3.8, 4) is 6.07 Å². The first-order chi connectivity index (χ1) is 8.20. The van der Waals surface area contributed by atoms with Gasteiger partial charge >= 0.3 is 0 Å². The number of anilines is 1. The topological polar surface area (TPSA) is 64.9 Å². The van der Waals surface area contributed by atoms with E-state index in [9.17, 15) is 4.79 Å². The van der Waals surface area contributed by atoms with Gasteiger partial charge in [0, 0.05) is 5.02 Å². The molecule has 2 N–H and O–H groups in total. The molecule has 0 aliphatic carbocycles. The Morgan fingerprint density at radius 1 is 1.59 bits per heavy atom. The van der Waals surface area contributed by atoms with E-state index in [2.05, 4.69) is 10.6 Å². The number of hydrogen-bond acceptors (Lipinski definition) is 3. The summed E-state index contributed by atoms with van der Waals surface area (Å²) >= 11 is 5.84. The van der Waals surface area contributed by atoms with Crippen molar-refractivity contribution in [3.05, 3.63) is 28.8 Å². The number of carbonyl (C=O) groups excluding carboxylic acids is 1. The third kappa shape index (κ3) is 2.76. The molecule has 1 aliphatic heterocycles. The first-order valence-corrected chi connectivity index (χ1v) is 5.82. The molecule has 1 amide bonds. The highest BCUT2D eigenvalue weighted by atomic mass is 35.5. The fourth-order valence-corrected chi connectivity index (χ4v) is 2.02. The van der Waals surface area contributed by atoms with E-state index in [1.54, 1.807) is 18.2 Å². The fraction of sp³-hybridized carbons (Fsp3) is 0.333. The van der Waals surface area contributed by atoms with Gasteiger partial charge in [0.1, 0.15) is 6.07 Å². The van der Waals surface area contributed by atoms with Gasteiger partial charge in [-0.2, -0.15) is 5.26 Å². The first kappa shape index (κ1) is 11.9. The molecule has 0 spiro atoms. The van der Waals surface area contributed by atoms with Gasteiger partial charge in [0.05, 0.1) is 17.3 Å². The van der Waals surface area contributed by atoms with E-state index >= 15 is 0 Å². The molecule has 1 fully saturated rings. The van der Waals surface area contributed by atoms with Crippen LogP contribution in [-0.2, 0) is 4.79 Å². The molecule has 1 aromatic rings. The number of rotatable bonds is 2. The average Bonchev–Trinajstić information content (AvgIpc) is 2.83. The standard InChI is InChI=1S/C12H12ClN3O/c13-9-4-3-8(7-14)11(6-9)16-12(17)10-2-1-5-15-10/h3-4,6,10,15H,1-2,5H2,(H,16,17)/t10-/m1/s1. The summed E-state index contributed by atoms with van der Waals surface area (Å²) in [5, 5.41) is 15.3. The van der Waals surface area contributed by atoms with Gasteiger partial charge in [-0.05, 0) is 37.6 Å². The summed E-state index contributed by atoms with van der Waals surface area (Å²) in [5.74, 6) is -0.110. The number of nitriles is 1. The smallest absolute Gasteiger partial charge is 0.241 e. The highest BCUT2D eigenvalue weighted by Crippen LogP contribution is 2.21. The molecule has 0 bridgehead atoms. The Hall–Kier alpha value is -1.57. The number of halogens is 1. The summed E-state index contributed by atoms with van der Waals surface area (Å²) in [4.78, 5) is 11.9. The Labute approximate surface area is 105 Å². The number of nitrogens with zero attached hydrogens (tertiary/aromatic N) is 1. The highest BCUT2D eigenvalue weighted by molar-refractivity contribution is 6.31. The van der Waals surface area contributed by atoms with Crippen molar-refractivity contribution in [2.45, 2.75) is 18.9 Å². The maximum atomic E-state index is 11.9. The predicted molar refractivity (Wildman–Crippen MR) is 65.8 cm³/mol. The number of nitrogens with one attached hydrogen (secondary N) is 2. The van der Waals surface area contributed by atoms with E-state index in [0.717, 1.165) is 19.4 Å². The molecule has 1 atom stereocenters. The lowest BCUT2D eigenvalue weighted by Gasteiger charge is -2.12. The minimum absolute atomic E-state index is 0.110. The molecule has 2 rings (SSSR count). The lowest BCUT2D eigenvalue weighted by atomic mass is 10.1. The van der Waals surface area contributed by atoms with E-state index < -0.39 is 0 Å². The monoisotopic (exact) mass is 249 g/mol. The molecule has 1 aromatic carbocycles. The van der Waals surface area contributed by atoms with Gasteiger partial charge in [-0.3, -0.25) is 4.79 Å². The number of benzene rings is 1. The molecule has 5 heteroatoms. The van der Waals surface area contributed by atoms with Crippen LogP contribution in [0, 0.1) is 11.3 Å². The summed E-state index contributed by atoms with van der Waals surface area (Å²) in [7, 11) is 0. The summed E-state index contributed by atoms with van der Waals surface area (Å²) < 4.78 is 0. The molecule has 0 unspecified atom stereocenters. The molecular weight excluding hydrogens is 238 g/mol. The molecule has 1 saturated heterocycles. The van der Waals surface area contributed by atoms with Gasteiger partial charge in [0.2, 0.25) is 5.91 Å². The number of carbonyl (C=O) groups is 1. The van der Waals surface area contributed by atoms with Crippen LogP contribution >= 0.6 is 11.6 Å². The van der Waals surface area contributed by atoms with Gasteiger partial charge in [-0.15, -0.1) is 0 Å². The predicted octanol–water partition coefficient (Wildman–Crippen LogP) is 1.90. The van der Waals surface area contributed by atoms with Crippen LogP contribution in [0.5, 0.6) is 0 Å². The van der Waals surface area contributed by atoms with Crippen LogP contribution in [0.1, 0.15) is 18.4 Å². The normalized spacial score (nSPS) is 18.7. The Balaban J connectivity index is 2.15. The molecule has 1 aliphatic rings. The number of amides is 1. The van der Waals surface area contributed by atoms with Crippen molar-refractivity contribution in [3.63, 3.8) is 0 Å². The van der Waals surface area contributed by atoms with Crippen molar-refractivity contribution in [1.82, 2.24) is 5.32 Å². The summed E-state index contributed by atoms with van der Waals surface area (Å²) in [6.07, 6.45) is 1.83. The van der Waals surface area contributed by atoms with Gasteiger partial charge < -0.3 is 10.6 Å². The van der Waals surface area contributed by atoms with Gasteiger partial charge in [-0.25, -0.2) is 0 Å². The van der Waals surface area contributed by atoms with Crippen molar-refractivity contribution in [2.75, 3.05) is 11.9 Å². The quantitative estimate of drug-likeness (QED) is 0.841. The van der Waals surface area contributed by atoms with Crippen LogP contribution in [0.15, 0.2) is 18.2 Å². The second-order valence-corrected chi connectivity index (χ2v) is 4.38. The minimum Gasteiger partial charge on any atom is -0.323 e. The zero-order valence-corrected chi connectivity index (χ0v) is 9.92. The van der Waals surface area contributed by atoms with Crippen LogP contribution in [-0.4, -0.2) is 18.5 Å².